The molecular weight excluding hydrogens is 261 g/mol. The maximum Gasteiger partial charge on any atom is 0.251 e. The van der Waals surface area contributed by atoms with Crippen molar-refractivity contribution < 1.29 is 9.18 Å². The van der Waals surface area contributed by atoms with E-state index in [1.54, 1.807) is 13.0 Å². The number of benzene rings is 1. The van der Waals surface area contributed by atoms with E-state index in [0.29, 0.717) is 22.1 Å². The van der Waals surface area contributed by atoms with Crippen molar-refractivity contribution in [2.75, 3.05) is 6.54 Å². The Labute approximate surface area is 97.0 Å². The number of hydrogen-bond donors (Lipinski definition) is 1. The normalized spacial score (nSPS) is 10.1. The number of carbonyl (C=O) groups excluding carboxylic acids is 1. The summed E-state index contributed by atoms with van der Waals surface area (Å²) in [6.45, 7) is 4.23. The minimum Gasteiger partial charge on any atom is -0.352 e. The number of rotatable bonds is 3. The SMILES string of the molecule is CCCNC(=O)c1cc(F)c(C)c(Br)c1. The lowest BCUT2D eigenvalue weighted by Crippen LogP contribution is -2.24. The first-order chi connectivity index (χ1) is 7.06. The molecule has 0 bridgehead atoms. The zero-order valence-electron chi connectivity index (χ0n) is 8.73. The van der Waals surface area contributed by atoms with Gasteiger partial charge in [0.1, 0.15) is 5.82 Å². The molecular formula is C11H13BrFNO. The summed E-state index contributed by atoms with van der Waals surface area (Å²) in [6, 6.07) is 2.88. The van der Waals surface area contributed by atoms with E-state index < -0.39 is 0 Å². The Balaban J connectivity index is 2.91. The molecule has 1 N–H and O–H groups in total. The zero-order chi connectivity index (χ0) is 11.4. The Bertz CT molecular complexity index is 356. The van der Waals surface area contributed by atoms with Crippen LogP contribution in [-0.4, -0.2) is 12.5 Å². The van der Waals surface area contributed by atoms with Crippen molar-refractivity contribution in [3.63, 3.8) is 0 Å². The maximum absolute atomic E-state index is 13.3. The van der Waals surface area contributed by atoms with Crippen LogP contribution >= 0.6 is 15.9 Å². The van der Waals surface area contributed by atoms with Crippen LogP contribution in [0.3, 0.4) is 0 Å². The number of nitrogens with one attached hydrogen (secondary N) is 1. The molecule has 4 heteroatoms. The number of amides is 1. The number of carbonyl (C=O) groups is 1. The molecule has 1 rings (SSSR count). The van der Waals surface area contributed by atoms with E-state index in [1.165, 1.54) is 6.07 Å². The fourth-order valence-electron chi connectivity index (χ4n) is 1.12. The van der Waals surface area contributed by atoms with E-state index in [-0.39, 0.29) is 11.7 Å². The quantitative estimate of drug-likeness (QED) is 0.901. The van der Waals surface area contributed by atoms with Gasteiger partial charge >= 0.3 is 0 Å². The monoisotopic (exact) mass is 273 g/mol. The van der Waals surface area contributed by atoms with Crippen LogP contribution in [0.25, 0.3) is 0 Å². The van der Waals surface area contributed by atoms with Crippen LogP contribution in [0.5, 0.6) is 0 Å². The Morgan fingerprint density at radius 3 is 2.73 bits per heavy atom. The van der Waals surface area contributed by atoms with Gasteiger partial charge in [-0.25, -0.2) is 4.39 Å². The van der Waals surface area contributed by atoms with Crippen LogP contribution in [0.2, 0.25) is 0 Å². The third kappa shape index (κ3) is 3.02. The third-order valence-electron chi connectivity index (χ3n) is 2.08. The predicted molar refractivity (Wildman–Crippen MR) is 61.5 cm³/mol. The highest BCUT2D eigenvalue weighted by atomic mass is 79.9. The van der Waals surface area contributed by atoms with E-state index in [4.69, 9.17) is 0 Å². The molecule has 0 fully saturated rings. The van der Waals surface area contributed by atoms with Gasteiger partial charge in [0.05, 0.1) is 0 Å². The highest BCUT2D eigenvalue weighted by Crippen LogP contribution is 2.20. The Morgan fingerprint density at radius 1 is 1.53 bits per heavy atom. The first kappa shape index (κ1) is 12.2. The van der Waals surface area contributed by atoms with Gasteiger partial charge in [-0.15, -0.1) is 0 Å². The second kappa shape index (κ2) is 5.26. The summed E-state index contributed by atoms with van der Waals surface area (Å²) in [6.07, 6.45) is 0.862. The average molecular weight is 274 g/mol. The van der Waals surface area contributed by atoms with E-state index in [2.05, 4.69) is 21.2 Å². The van der Waals surface area contributed by atoms with E-state index in [1.807, 2.05) is 6.92 Å². The lowest BCUT2D eigenvalue weighted by atomic mass is 10.1. The van der Waals surface area contributed by atoms with Crippen molar-refractivity contribution in [3.8, 4) is 0 Å². The molecule has 0 saturated heterocycles. The topological polar surface area (TPSA) is 29.1 Å². The summed E-state index contributed by atoms with van der Waals surface area (Å²) >= 11 is 3.21. The second-order valence-electron chi connectivity index (χ2n) is 3.32. The van der Waals surface area contributed by atoms with Crippen molar-refractivity contribution in [1.29, 1.82) is 0 Å². The Morgan fingerprint density at radius 2 is 2.20 bits per heavy atom. The molecule has 82 valence electrons. The number of halogens is 2. The molecule has 1 amide bonds. The third-order valence-corrected chi connectivity index (χ3v) is 2.90. The molecule has 0 unspecified atom stereocenters. The van der Waals surface area contributed by atoms with Gasteiger partial charge in [-0.3, -0.25) is 4.79 Å². The molecule has 0 aliphatic heterocycles. The smallest absolute Gasteiger partial charge is 0.251 e. The summed E-state index contributed by atoms with van der Waals surface area (Å²) in [4.78, 5) is 11.5. The second-order valence-corrected chi connectivity index (χ2v) is 4.18. The first-order valence-corrected chi connectivity index (χ1v) is 5.59. The fraction of sp³-hybridized carbons (Fsp3) is 0.364. The van der Waals surface area contributed by atoms with Crippen LogP contribution in [0.1, 0.15) is 29.3 Å². The van der Waals surface area contributed by atoms with Gasteiger partial charge in [0.2, 0.25) is 0 Å². The summed E-state index contributed by atoms with van der Waals surface area (Å²) in [5.74, 6) is -0.609. The number of hydrogen-bond acceptors (Lipinski definition) is 1. The first-order valence-electron chi connectivity index (χ1n) is 4.80. The maximum atomic E-state index is 13.3. The van der Waals surface area contributed by atoms with Gasteiger partial charge in [-0.05, 0) is 31.0 Å². The predicted octanol–water partition coefficient (Wildman–Crippen LogP) is 3.04. The summed E-state index contributed by atoms with van der Waals surface area (Å²) in [5, 5.41) is 2.70. The van der Waals surface area contributed by atoms with Crippen LogP contribution in [0.15, 0.2) is 16.6 Å². The van der Waals surface area contributed by atoms with Crippen molar-refractivity contribution in [1.82, 2.24) is 5.32 Å². The lowest BCUT2D eigenvalue weighted by molar-refractivity contribution is 0.0953. The van der Waals surface area contributed by atoms with Gasteiger partial charge in [0.25, 0.3) is 5.91 Å². The van der Waals surface area contributed by atoms with E-state index in [0.717, 1.165) is 6.42 Å². The molecule has 0 aliphatic rings. The molecule has 0 radical (unpaired) electrons. The van der Waals surface area contributed by atoms with Crippen molar-refractivity contribution in [3.05, 3.63) is 33.5 Å². The molecule has 1 aromatic carbocycles. The van der Waals surface area contributed by atoms with Gasteiger partial charge in [0, 0.05) is 16.6 Å². The van der Waals surface area contributed by atoms with Crippen LogP contribution in [-0.2, 0) is 0 Å². The minimum atomic E-state index is -0.369. The van der Waals surface area contributed by atoms with Gasteiger partial charge in [-0.2, -0.15) is 0 Å². The Hall–Kier alpha value is -0.900. The van der Waals surface area contributed by atoms with Crippen molar-refractivity contribution in [2.45, 2.75) is 20.3 Å². The molecule has 0 aromatic heterocycles. The summed E-state index contributed by atoms with van der Waals surface area (Å²) in [5.41, 5.74) is 0.862. The molecule has 15 heavy (non-hydrogen) atoms. The molecule has 0 spiro atoms. The molecule has 1 aromatic rings. The van der Waals surface area contributed by atoms with Crippen LogP contribution in [0, 0.1) is 12.7 Å². The molecule has 0 heterocycles. The van der Waals surface area contributed by atoms with Gasteiger partial charge in [0.15, 0.2) is 0 Å². The van der Waals surface area contributed by atoms with Crippen LogP contribution in [0.4, 0.5) is 4.39 Å². The fourth-order valence-corrected chi connectivity index (χ4v) is 1.55. The van der Waals surface area contributed by atoms with Crippen LogP contribution < -0.4 is 5.32 Å². The largest absolute Gasteiger partial charge is 0.352 e. The molecule has 2 nitrogen and oxygen atoms in total. The zero-order valence-corrected chi connectivity index (χ0v) is 10.3. The van der Waals surface area contributed by atoms with Crippen molar-refractivity contribution in [2.24, 2.45) is 0 Å². The summed E-state index contributed by atoms with van der Waals surface area (Å²) in [7, 11) is 0. The Kier molecular flexibility index (Phi) is 4.27. The molecule has 0 saturated carbocycles. The van der Waals surface area contributed by atoms with E-state index in [9.17, 15) is 9.18 Å². The van der Waals surface area contributed by atoms with Gasteiger partial charge in [-0.1, -0.05) is 22.9 Å². The highest BCUT2D eigenvalue weighted by Gasteiger charge is 2.10. The lowest BCUT2D eigenvalue weighted by Gasteiger charge is -2.06. The highest BCUT2D eigenvalue weighted by molar-refractivity contribution is 9.10. The minimum absolute atomic E-state index is 0.239. The standard InChI is InChI=1S/C11H13BrFNO/c1-3-4-14-11(15)8-5-9(12)7(2)10(13)6-8/h5-6H,3-4H2,1-2H3,(H,14,15). The molecule has 0 atom stereocenters. The molecule has 0 aliphatic carbocycles. The average Bonchev–Trinajstić information content (AvgIpc) is 2.21. The van der Waals surface area contributed by atoms with E-state index >= 15 is 0 Å². The van der Waals surface area contributed by atoms with Crippen molar-refractivity contribution >= 4 is 21.8 Å². The van der Waals surface area contributed by atoms with Gasteiger partial charge < -0.3 is 5.32 Å². The summed E-state index contributed by atoms with van der Waals surface area (Å²) < 4.78 is 13.9.